The van der Waals surface area contributed by atoms with Crippen LogP contribution in [-0.2, 0) is 6.18 Å². The van der Waals surface area contributed by atoms with E-state index in [9.17, 15) is 27.2 Å². The van der Waals surface area contributed by atoms with Gasteiger partial charge in [-0.15, -0.1) is 0 Å². The number of carbonyl (C=O) groups is 1. The maximum atomic E-state index is 12.9. The summed E-state index contributed by atoms with van der Waals surface area (Å²) in [4.78, 5) is 30.3. The number of aromatic amines is 1. The van der Waals surface area contributed by atoms with Gasteiger partial charge in [-0.3, -0.25) is 9.59 Å². The normalized spacial score (nSPS) is 11.7. The summed E-state index contributed by atoms with van der Waals surface area (Å²) in [6.07, 6.45) is -4.60. The Hall–Kier alpha value is -3.03. The molecule has 1 aromatic heterocycles. The Kier molecular flexibility index (Phi) is 3.67. The lowest BCUT2D eigenvalue weighted by molar-refractivity contribution is -0.137. The smallest absolute Gasteiger partial charge is 0.303 e. The van der Waals surface area contributed by atoms with Gasteiger partial charge in [0.25, 0.3) is 5.56 Å². The van der Waals surface area contributed by atoms with Crippen LogP contribution in [0.25, 0.3) is 10.9 Å². The predicted molar refractivity (Wildman–Crippen MR) is 77.2 cm³/mol. The number of benzene rings is 2. The monoisotopic (exact) mass is 336 g/mol. The lowest BCUT2D eigenvalue weighted by Crippen LogP contribution is -2.17. The van der Waals surface area contributed by atoms with Gasteiger partial charge < -0.3 is 4.98 Å². The number of hydrogen-bond acceptors (Lipinski definition) is 3. The van der Waals surface area contributed by atoms with Gasteiger partial charge in [0.15, 0.2) is 5.82 Å². The van der Waals surface area contributed by atoms with Crippen LogP contribution >= 0.6 is 0 Å². The van der Waals surface area contributed by atoms with Gasteiger partial charge in [0, 0.05) is 5.56 Å². The summed E-state index contributed by atoms with van der Waals surface area (Å²) >= 11 is 0. The third-order valence-corrected chi connectivity index (χ3v) is 3.36. The van der Waals surface area contributed by atoms with Crippen molar-refractivity contribution in [3.05, 3.63) is 75.6 Å². The molecule has 0 saturated carbocycles. The molecule has 8 heteroatoms. The van der Waals surface area contributed by atoms with Gasteiger partial charge in [0.2, 0.25) is 5.78 Å². The van der Waals surface area contributed by atoms with Crippen molar-refractivity contribution in [1.29, 1.82) is 0 Å². The van der Waals surface area contributed by atoms with Crippen molar-refractivity contribution in [2.75, 3.05) is 0 Å². The fourth-order valence-corrected chi connectivity index (χ4v) is 2.16. The molecule has 0 amide bonds. The molecule has 0 spiro atoms. The van der Waals surface area contributed by atoms with Crippen molar-refractivity contribution in [3.8, 4) is 0 Å². The molecular formula is C16H8F4N2O2. The molecule has 3 aromatic rings. The number of nitrogens with zero attached hydrogens (tertiary/aromatic N) is 1. The van der Waals surface area contributed by atoms with Gasteiger partial charge in [-0.25, -0.2) is 9.37 Å². The van der Waals surface area contributed by atoms with Crippen LogP contribution in [0.4, 0.5) is 17.6 Å². The molecule has 0 fully saturated rings. The second kappa shape index (κ2) is 5.55. The van der Waals surface area contributed by atoms with Crippen molar-refractivity contribution in [2.24, 2.45) is 0 Å². The van der Waals surface area contributed by atoms with Gasteiger partial charge >= 0.3 is 6.18 Å². The molecule has 24 heavy (non-hydrogen) atoms. The lowest BCUT2D eigenvalue weighted by Gasteiger charge is -2.08. The number of fused-ring (bicyclic) bond motifs is 1. The zero-order valence-electron chi connectivity index (χ0n) is 11.8. The van der Waals surface area contributed by atoms with Gasteiger partial charge in [-0.05, 0) is 42.5 Å². The highest BCUT2D eigenvalue weighted by molar-refractivity contribution is 6.07. The summed E-state index contributed by atoms with van der Waals surface area (Å²) in [7, 11) is 0. The molecule has 0 radical (unpaired) electrons. The quantitative estimate of drug-likeness (QED) is 0.577. The van der Waals surface area contributed by atoms with E-state index in [2.05, 4.69) is 9.97 Å². The zero-order chi connectivity index (χ0) is 17.5. The summed E-state index contributed by atoms with van der Waals surface area (Å²) in [5, 5.41) is -0.0707. The molecule has 0 aliphatic carbocycles. The third kappa shape index (κ3) is 2.90. The van der Waals surface area contributed by atoms with Crippen LogP contribution in [0.15, 0.2) is 47.3 Å². The second-order valence-electron chi connectivity index (χ2n) is 4.98. The molecule has 1 heterocycles. The number of nitrogens with one attached hydrogen (secondary N) is 1. The van der Waals surface area contributed by atoms with Gasteiger partial charge in [-0.1, -0.05) is 0 Å². The number of aromatic nitrogens is 2. The van der Waals surface area contributed by atoms with E-state index in [1.807, 2.05) is 0 Å². The Balaban J connectivity index is 2.13. The Morgan fingerprint density at radius 1 is 1.04 bits per heavy atom. The summed E-state index contributed by atoms with van der Waals surface area (Å²) in [6, 6.07) is 6.94. The molecule has 1 N–H and O–H groups in total. The van der Waals surface area contributed by atoms with Crippen LogP contribution in [0.2, 0.25) is 0 Å². The molecule has 0 unspecified atom stereocenters. The number of carbonyl (C=O) groups excluding carboxylic acids is 1. The summed E-state index contributed by atoms with van der Waals surface area (Å²) in [6.45, 7) is 0. The van der Waals surface area contributed by atoms with E-state index in [0.717, 1.165) is 24.3 Å². The number of alkyl halides is 3. The molecular weight excluding hydrogens is 328 g/mol. The summed E-state index contributed by atoms with van der Waals surface area (Å²) < 4.78 is 51.2. The molecule has 0 bridgehead atoms. The maximum Gasteiger partial charge on any atom is 0.416 e. The van der Waals surface area contributed by atoms with Crippen LogP contribution in [0.5, 0.6) is 0 Å². The molecule has 0 aliphatic rings. The predicted octanol–water partition coefficient (Wildman–Crippen LogP) is 3.31. The number of rotatable bonds is 2. The van der Waals surface area contributed by atoms with Crippen LogP contribution in [0, 0.1) is 5.82 Å². The second-order valence-corrected chi connectivity index (χ2v) is 4.98. The van der Waals surface area contributed by atoms with E-state index >= 15 is 0 Å². The average Bonchev–Trinajstić information content (AvgIpc) is 2.53. The third-order valence-electron chi connectivity index (χ3n) is 3.36. The zero-order valence-corrected chi connectivity index (χ0v) is 11.8. The SMILES string of the molecule is O=C(c1ccc(F)cc1)c1nc2cc(C(F)(F)F)ccc2c(=O)[nH]1. The van der Waals surface area contributed by atoms with E-state index in [-0.39, 0.29) is 16.5 Å². The van der Waals surface area contributed by atoms with Crippen molar-refractivity contribution in [1.82, 2.24) is 9.97 Å². The Labute approximate surface area is 131 Å². The van der Waals surface area contributed by atoms with Crippen molar-refractivity contribution in [3.63, 3.8) is 0 Å². The van der Waals surface area contributed by atoms with Crippen molar-refractivity contribution < 1.29 is 22.4 Å². The maximum absolute atomic E-state index is 12.9. The van der Waals surface area contributed by atoms with Crippen LogP contribution in [0.1, 0.15) is 21.7 Å². The van der Waals surface area contributed by atoms with Gasteiger partial charge in [0.05, 0.1) is 16.5 Å². The highest BCUT2D eigenvalue weighted by Gasteiger charge is 2.31. The molecule has 0 aliphatic heterocycles. The Bertz CT molecular complexity index is 992. The summed E-state index contributed by atoms with van der Waals surface area (Å²) in [5.41, 5.74) is -1.92. The molecule has 122 valence electrons. The largest absolute Gasteiger partial charge is 0.416 e. The van der Waals surface area contributed by atoms with Crippen LogP contribution in [0.3, 0.4) is 0 Å². The first-order chi connectivity index (χ1) is 11.3. The number of hydrogen-bond donors (Lipinski definition) is 1. The highest BCUT2D eigenvalue weighted by atomic mass is 19.4. The van der Waals surface area contributed by atoms with E-state index < -0.39 is 34.7 Å². The fraction of sp³-hybridized carbons (Fsp3) is 0.0625. The van der Waals surface area contributed by atoms with Crippen LogP contribution in [-0.4, -0.2) is 15.8 Å². The standard InChI is InChI=1S/C16H8F4N2O2/c17-10-4-1-8(2-5-10)13(23)14-21-12-7-9(16(18,19)20)3-6-11(12)15(24)22-14/h1-7H,(H,21,22,24). The first kappa shape index (κ1) is 15.9. The van der Waals surface area contributed by atoms with E-state index in [1.54, 1.807) is 0 Å². The summed E-state index contributed by atoms with van der Waals surface area (Å²) in [5.74, 6) is -1.70. The lowest BCUT2D eigenvalue weighted by atomic mass is 10.1. The minimum absolute atomic E-state index is 0.0471. The minimum atomic E-state index is -4.60. The van der Waals surface area contributed by atoms with Crippen LogP contribution < -0.4 is 5.56 Å². The van der Waals surface area contributed by atoms with E-state index in [0.29, 0.717) is 6.07 Å². The highest BCUT2D eigenvalue weighted by Crippen LogP contribution is 2.30. The van der Waals surface area contributed by atoms with Crippen molar-refractivity contribution in [2.45, 2.75) is 6.18 Å². The molecule has 0 atom stereocenters. The molecule has 4 nitrogen and oxygen atoms in total. The van der Waals surface area contributed by atoms with Gasteiger partial charge in [-0.2, -0.15) is 13.2 Å². The Morgan fingerprint density at radius 3 is 2.33 bits per heavy atom. The number of halogens is 4. The molecule has 2 aromatic carbocycles. The molecule has 3 rings (SSSR count). The number of H-pyrrole nitrogens is 1. The van der Waals surface area contributed by atoms with Gasteiger partial charge in [0.1, 0.15) is 5.82 Å². The number of ketones is 1. The fourth-order valence-electron chi connectivity index (χ4n) is 2.16. The van der Waals surface area contributed by atoms with Crippen molar-refractivity contribution >= 4 is 16.7 Å². The topological polar surface area (TPSA) is 62.8 Å². The molecule has 0 saturated heterocycles. The first-order valence-corrected chi connectivity index (χ1v) is 6.67. The first-order valence-electron chi connectivity index (χ1n) is 6.67. The average molecular weight is 336 g/mol. The minimum Gasteiger partial charge on any atom is -0.303 e. The Morgan fingerprint density at radius 2 is 1.71 bits per heavy atom. The van der Waals surface area contributed by atoms with E-state index in [1.165, 1.54) is 12.1 Å². The van der Waals surface area contributed by atoms with E-state index in [4.69, 9.17) is 0 Å².